The first-order valence-corrected chi connectivity index (χ1v) is 11.9. The highest BCUT2D eigenvalue weighted by atomic mass is 16.2. The molecule has 0 saturated carbocycles. The zero-order valence-corrected chi connectivity index (χ0v) is 19.4. The van der Waals surface area contributed by atoms with Crippen LogP contribution in [0.1, 0.15) is 32.3 Å². The van der Waals surface area contributed by atoms with Crippen LogP contribution >= 0.6 is 0 Å². The van der Waals surface area contributed by atoms with Gasteiger partial charge in [0.1, 0.15) is 0 Å². The summed E-state index contributed by atoms with van der Waals surface area (Å²) in [5.74, 6) is 0.713. The van der Waals surface area contributed by atoms with E-state index >= 15 is 0 Å². The van der Waals surface area contributed by atoms with Gasteiger partial charge in [0.15, 0.2) is 0 Å². The topological polar surface area (TPSA) is 43.9 Å². The fraction of sp³-hybridized carbons (Fsp3) is 0.481. The number of hydrogen-bond acceptors (Lipinski definition) is 3. The van der Waals surface area contributed by atoms with E-state index in [4.69, 9.17) is 0 Å². The molecular weight excluding hydrogens is 398 g/mol. The first-order chi connectivity index (χ1) is 15.5. The normalized spacial score (nSPS) is 23.1. The van der Waals surface area contributed by atoms with E-state index in [0.29, 0.717) is 18.9 Å². The van der Waals surface area contributed by atoms with Crippen LogP contribution in [0, 0.1) is 11.3 Å². The van der Waals surface area contributed by atoms with Gasteiger partial charge >= 0.3 is 0 Å². The Morgan fingerprint density at radius 3 is 2.38 bits per heavy atom. The number of rotatable bonds is 7. The molecule has 2 amide bonds. The second-order valence-electron chi connectivity index (χ2n) is 9.43. The number of hydrogen-bond donors (Lipinski definition) is 0. The monoisotopic (exact) mass is 433 g/mol. The number of piperidine rings is 1. The van der Waals surface area contributed by atoms with Crippen molar-refractivity contribution in [3.05, 3.63) is 66.2 Å². The molecular formula is C27H35N3O2. The fourth-order valence-electron chi connectivity index (χ4n) is 5.50. The van der Waals surface area contributed by atoms with Gasteiger partial charge in [-0.25, -0.2) is 0 Å². The van der Waals surface area contributed by atoms with Gasteiger partial charge < -0.3 is 14.7 Å². The molecule has 0 radical (unpaired) electrons. The molecule has 2 fully saturated rings. The summed E-state index contributed by atoms with van der Waals surface area (Å²) in [6, 6.07) is 20.6. The second kappa shape index (κ2) is 9.86. The van der Waals surface area contributed by atoms with Crippen molar-refractivity contribution in [1.29, 1.82) is 0 Å². The van der Waals surface area contributed by atoms with E-state index in [0.717, 1.165) is 51.3 Å². The number of carbonyl (C=O) groups excluding carboxylic acids is 2. The van der Waals surface area contributed by atoms with Gasteiger partial charge in [-0.2, -0.15) is 0 Å². The van der Waals surface area contributed by atoms with Gasteiger partial charge in [0.05, 0.1) is 0 Å². The van der Waals surface area contributed by atoms with Crippen LogP contribution in [0.3, 0.4) is 0 Å². The van der Waals surface area contributed by atoms with Gasteiger partial charge in [0.2, 0.25) is 11.8 Å². The summed E-state index contributed by atoms with van der Waals surface area (Å²) in [5, 5.41) is 0. The number of benzene rings is 2. The summed E-state index contributed by atoms with van der Waals surface area (Å²) in [7, 11) is 0. The van der Waals surface area contributed by atoms with Crippen molar-refractivity contribution in [2.24, 2.45) is 11.3 Å². The molecule has 2 unspecified atom stereocenters. The Morgan fingerprint density at radius 2 is 1.72 bits per heavy atom. The molecule has 2 saturated heterocycles. The summed E-state index contributed by atoms with van der Waals surface area (Å²) in [5.41, 5.74) is 2.21. The Hall–Kier alpha value is -2.66. The van der Waals surface area contributed by atoms with Crippen LogP contribution in [-0.4, -0.2) is 60.9 Å². The average Bonchev–Trinajstić information content (AvgIpc) is 3.21. The molecule has 0 bridgehead atoms. The van der Waals surface area contributed by atoms with Crippen LogP contribution < -0.4 is 4.90 Å². The Labute approximate surface area is 192 Å². The molecule has 0 N–H and O–H groups in total. The molecule has 2 aromatic rings. The van der Waals surface area contributed by atoms with Gasteiger partial charge in [-0.3, -0.25) is 9.59 Å². The van der Waals surface area contributed by atoms with E-state index < -0.39 is 0 Å². The lowest BCUT2D eigenvalue weighted by Crippen LogP contribution is -2.55. The first kappa shape index (κ1) is 22.5. The number of anilines is 1. The molecule has 0 aromatic heterocycles. The van der Waals surface area contributed by atoms with E-state index in [2.05, 4.69) is 35.2 Å². The Morgan fingerprint density at radius 1 is 1.03 bits per heavy atom. The summed E-state index contributed by atoms with van der Waals surface area (Å²) in [4.78, 5) is 31.8. The number of para-hydroxylation sites is 1. The van der Waals surface area contributed by atoms with Gasteiger partial charge in [-0.05, 0) is 43.0 Å². The highest BCUT2D eigenvalue weighted by molar-refractivity contribution is 5.93. The van der Waals surface area contributed by atoms with E-state index in [1.54, 1.807) is 6.92 Å². The Balaban J connectivity index is 1.57. The predicted molar refractivity (Wildman–Crippen MR) is 128 cm³/mol. The van der Waals surface area contributed by atoms with E-state index in [1.807, 2.05) is 47.1 Å². The van der Waals surface area contributed by atoms with Crippen molar-refractivity contribution in [1.82, 2.24) is 9.80 Å². The molecule has 2 atom stereocenters. The average molecular weight is 434 g/mol. The third-order valence-corrected chi connectivity index (χ3v) is 7.29. The maximum absolute atomic E-state index is 13.0. The van der Waals surface area contributed by atoms with E-state index in [-0.39, 0.29) is 17.2 Å². The van der Waals surface area contributed by atoms with E-state index in [9.17, 15) is 9.59 Å². The predicted octanol–water partition coefficient (Wildman–Crippen LogP) is 3.84. The summed E-state index contributed by atoms with van der Waals surface area (Å²) in [6.45, 7) is 8.79. The quantitative estimate of drug-likeness (QED) is 0.666. The SMILES string of the molecule is CCC(=O)N(CC12CN(CCc3ccccc3)CCC1CN(C(C)=O)C2)c1ccccc1. The fourth-order valence-corrected chi connectivity index (χ4v) is 5.50. The lowest BCUT2D eigenvalue weighted by molar-refractivity contribution is -0.128. The molecule has 2 heterocycles. The first-order valence-electron chi connectivity index (χ1n) is 11.9. The molecule has 32 heavy (non-hydrogen) atoms. The number of carbonyl (C=O) groups is 2. The Bertz CT molecular complexity index is 917. The van der Waals surface area contributed by atoms with E-state index in [1.165, 1.54) is 5.56 Å². The zero-order chi connectivity index (χ0) is 22.6. The van der Waals surface area contributed by atoms with Crippen LogP contribution in [0.25, 0.3) is 0 Å². The summed E-state index contributed by atoms with van der Waals surface area (Å²) < 4.78 is 0. The lowest BCUT2D eigenvalue weighted by Gasteiger charge is -2.46. The van der Waals surface area contributed by atoms with Crippen molar-refractivity contribution in [3.8, 4) is 0 Å². The molecule has 170 valence electrons. The summed E-state index contributed by atoms with van der Waals surface area (Å²) in [6.07, 6.45) is 2.57. The lowest BCUT2D eigenvalue weighted by atomic mass is 9.72. The number of amides is 2. The molecule has 2 aliphatic heterocycles. The van der Waals surface area contributed by atoms with Crippen molar-refractivity contribution in [2.75, 3.05) is 44.2 Å². The van der Waals surface area contributed by atoms with Crippen molar-refractivity contribution in [3.63, 3.8) is 0 Å². The van der Waals surface area contributed by atoms with Crippen molar-refractivity contribution < 1.29 is 9.59 Å². The van der Waals surface area contributed by atoms with Gasteiger partial charge in [-0.1, -0.05) is 55.5 Å². The molecule has 4 rings (SSSR count). The number of fused-ring (bicyclic) bond motifs is 1. The second-order valence-corrected chi connectivity index (χ2v) is 9.43. The minimum absolute atomic E-state index is 0.0960. The maximum atomic E-state index is 13.0. The van der Waals surface area contributed by atoms with Crippen LogP contribution in [0.5, 0.6) is 0 Å². The molecule has 2 aromatic carbocycles. The number of nitrogens with zero attached hydrogens (tertiary/aromatic N) is 3. The molecule has 5 nitrogen and oxygen atoms in total. The van der Waals surface area contributed by atoms with Crippen LogP contribution in [0.15, 0.2) is 60.7 Å². The largest absolute Gasteiger partial charge is 0.342 e. The van der Waals surface area contributed by atoms with Gasteiger partial charge in [0.25, 0.3) is 0 Å². The van der Waals surface area contributed by atoms with Gasteiger partial charge in [-0.15, -0.1) is 0 Å². The van der Waals surface area contributed by atoms with Crippen molar-refractivity contribution in [2.45, 2.75) is 33.1 Å². The molecule has 0 aliphatic carbocycles. The minimum atomic E-state index is -0.0960. The highest BCUT2D eigenvalue weighted by Gasteiger charge is 2.51. The van der Waals surface area contributed by atoms with Crippen molar-refractivity contribution >= 4 is 17.5 Å². The van der Waals surface area contributed by atoms with Crippen LogP contribution in [0.2, 0.25) is 0 Å². The number of likely N-dealkylation sites (tertiary alicyclic amines) is 2. The molecule has 5 heteroatoms. The minimum Gasteiger partial charge on any atom is -0.342 e. The Kier molecular flexibility index (Phi) is 6.95. The molecule has 0 spiro atoms. The van der Waals surface area contributed by atoms with Crippen LogP contribution in [-0.2, 0) is 16.0 Å². The third-order valence-electron chi connectivity index (χ3n) is 7.29. The zero-order valence-electron chi connectivity index (χ0n) is 19.4. The highest BCUT2D eigenvalue weighted by Crippen LogP contribution is 2.43. The van der Waals surface area contributed by atoms with Gasteiger partial charge in [0, 0.05) is 57.2 Å². The molecule has 2 aliphatic rings. The smallest absolute Gasteiger partial charge is 0.226 e. The maximum Gasteiger partial charge on any atom is 0.226 e. The summed E-state index contributed by atoms with van der Waals surface area (Å²) >= 11 is 0. The third kappa shape index (κ3) is 4.88. The van der Waals surface area contributed by atoms with Crippen LogP contribution in [0.4, 0.5) is 5.69 Å². The standard InChI is InChI=1S/C27H35N3O2/c1-3-26(32)30(25-12-8-5-9-13-25)21-27-19-28(16-14-23-10-6-4-7-11-23)17-15-24(27)18-29(20-27)22(2)31/h4-13,24H,3,14-21H2,1-2H3.